The van der Waals surface area contributed by atoms with Gasteiger partial charge in [0, 0.05) is 24.7 Å². The van der Waals surface area contributed by atoms with E-state index in [-0.39, 0.29) is 36.2 Å². The van der Waals surface area contributed by atoms with Crippen LogP contribution < -0.4 is 19.9 Å². The quantitative estimate of drug-likeness (QED) is 0.188. The van der Waals surface area contributed by atoms with Gasteiger partial charge in [-0.25, -0.2) is 4.79 Å². The molecule has 2 aromatic carbocycles. The minimum atomic E-state index is -1.40. The fourth-order valence-electron chi connectivity index (χ4n) is 4.04. The minimum Gasteiger partial charge on any atom is -0.480 e. The Bertz CT molecular complexity index is 1160. The normalized spacial score (nSPS) is 14.1. The summed E-state index contributed by atoms with van der Waals surface area (Å²) in [5, 5.41) is 9.78. The molecular formula is C30H39NO9. The topological polar surface area (TPSA) is 151 Å². The largest absolute Gasteiger partial charge is 0.514 e. The maximum Gasteiger partial charge on any atom is 0.514 e. The number of carbonyl (C=O) groups excluding carboxylic acids is 3. The van der Waals surface area contributed by atoms with Gasteiger partial charge in [-0.15, -0.1) is 0 Å². The van der Waals surface area contributed by atoms with E-state index >= 15 is 0 Å². The summed E-state index contributed by atoms with van der Waals surface area (Å²) >= 11 is 0. The second kappa shape index (κ2) is 15.0. The van der Waals surface area contributed by atoms with Crippen molar-refractivity contribution in [2.45, 2.75) is 72.4 Å². The van der Waals surface area contributed by atoms with Crippen LogP contribution in [-0.4, -0.2) is 41.3 Å². The molecule has 0 amide bonds. The summed E-state index contributed by atoms with van der Waals surface area (Å²) in [4.78, 5) is 49.3. The first-order valence-electron chi connectivity index (χ1n) is 13.3. The first-order chi connectivity index (χ1) is 18.8. The van der Waals surface area contributed by atoms with E-state index in [0.29, 0.717) is 11.3 Å². The van der Waals surface area contributed by atoms with Crippen LogP contribution in [0.1, 0.15) is 65.9 Å². The Kier molecular flexibility index (Phi) is 12.1. The molecule has 10 nitrogen and oxygen atoms in total. The molecule has 0 aliphatic rings. The highest BCUT2D eigenvalue weighted by molar-refractivity contribution is 5.77. The van der Waals surface area contributed by atoms with Gasteiger partial charge in [0.05, 0.1) is 0 Å². The van der Waals surface area contributed by atoms with Crippen molar-refractivity contribution in [2.75, 3.05) is 0 Å². The van der Waals surface area contributed by atoms with Gasteiger partial charge >= 0.3 is 24.1 Å². The second-order valence-corrected chi connectivity index (χ2v) is 10.6. The summed E-state index contributed by atoms with van der Waals surface area (Å²) in [5.41, 5.74) is 6.51. The number of benzene rings is 2. The Morgan fingerprint density at radius 2 is 1.32 bits per heavy atom. The summed E-state index contributed by atoms with van der Waals surface area (Å²) in [6, 6.07) is 11.4. The molecule has 0 spiro atoms. The van der Waals surface area contributed by atoms with Crippen LogP contribution in [0.5, 0.6) is 17.2 Å². The van der Waals surface area contributed by atoms with E-state index in [9.17, 15) is 24.3 Å². The molecule has 2 rings (SSSR count). The average Bonchev–Trinajstić information content (AvgIpc) is 2.84. The minimum absolute atomic E-state index is 0.0180. The van der Waals surface area contributed by atoms with Crippen molar-refractivity contribution >= 4 is 24.1 Å². The van der Waals surface area contributed by atoms with Gasteiger partial charge in [-0.3, -0.25) is 14.4 Å². The molecule has 4 atom stereocenters. The molecule has 0 saturated carbocycles. The van der Waals surface area contributed by atoms with Crippen LogP contribution >= 0.6 is 0 Å². The van der Waals surface area contributed by atoms with Gasteiger partial charge in [-0.05, 0) is 48.6 Å². The average molecular weight is 558 g/mol. The summed E-state index contributed by atoms with van der Waals surface area (Å²) in [5.74, 6) is -3.48. The summed E-state index contributed by atoms with van der Waals surface area (Å²) in [6.45, 7) is 10.7. The van der Waals surface area contributed by atoms with E-state index in [1.165, 1.54) is 12.1 Å². The lowest BCUT2D eigenvalue weighted by molar-refractivity contribution is -0.140. The van der Waals surface area contributed by atoms with E-state index in [4.69, 9.17) is 24.7 Å². The number of esters is 2. The lowest BCUT2D eigenvalue weighted by Gasteiger charge is -2.31. The van der Waals surface area contributed by atoms with Crippen molar-refractivity contribution in [1.82, 2.24) is 0 Å². The first kappa shape index (κ1) is 32.3. The number of para-hydroxylation sites is 1. The van der Waals surface area contributed by atoms with Crippen molar-refractivity contribution in [1.29, 1.82) is 0 Å². The van der Waals surface area contributed by atoms with Crippen molar-refractivity contribution in [3.05, 3.63) is 54.1 Å². The molecule has 218 valence electrons. The van der Waals surface area contributed by atoms with Crippen LogP contribution in [0.15, 0.2) is 48.5 Å². The summed E-state index contributed by atoms with van der Waals surface area (Å²) in [6.07, 6.45) is -1.50. The van der Waals surface area contributed by atoms with Gasteiger partial charge < -0.3 is 29.8 Å². The zero-order valence-electron chi connectivity index (χ0n) is 23.8. The zero-order valence-corrected chi connectivity index (χ0v) is 23.8. The highest BCUT2D eigenvalue weighted by Gasteiger charge is 2.36. The van der Waals surface area contributed by atoms with Crippen molar-refractivity contribution in [3.63, 3.8) is 0 Å². The highest BCUT2D eigenvalue weighted by Crippen LogP contribution is 2.37. The van der Waals surface area contributed by atoms with Crippen LogP contribution in [-0.2, 0) is 19.1 Å². The number of hydrogen-bond donors (Lipinski definition) is 2. The lowest BCUT2D eigenvalue weighted by Crippen LogP contribution is -2.43. The zero-order chi connectivity index (χ0) is 30.0. The maximum atomic E-state index is 12.5. The van der Waals surface area contributed by atoms with Gasteiger partial charge in [0.2, 0.25) is 0 Å². The summed E-state index contributed by atoms with van der Waals surface area (Å²) < 4.78 is 21.7. The lowest BCUT2D eigenvalue weighted by atomic mass is 9.79. The molecule has 40 heavy (non-hydrogen) atoms. The molecule has 0 bridgehead atoms. The third-order valence-corrected chi connectivity index (χ3v) is 6.16. The molecule has 10 heteroatoms. The predicted octanol–water partition coefficient (Wildman–Crippen LogP) is 5.33. The monoisotopic (exact) mass is 557 g/mol. The van der Waals surface area contributed by atoms with Crippen LogP contribution in [0.4, 0.5) is 4.79 Å². The molecule has 3 N–H and O–H groups in total. The van der Waals surface area contributed by atoms with Gasteiger partial charge in [0.1, 0.15) is 17.9 Å². The fourth-order valence-corrected chi connectivity index (χ4v) is 4.04. The number of aliphatic carboxylic acids is 1. The SMILES string of the molecule is CC(C)CC(=O)Oc1ccc(C(C(C)C(C)OC(=O)Oc2ccccc2)[C@H](N)C(=O)O)cc1OC(=O)CC(C)C. The van der Waals surface area contributed by atoms with Crippen LogP contribution in [0, 0.1) is 17.8 Å². The van der Waals surface area contributed by atoms with E-state index in [1.54, 1.807) is 50.2 Å². The third kappa shape index (κ3) is 10.00. The molecule has 0 radical (unpaired) electrons. The molecular weight excluding hydrogens is 518 g/mol. The predicted molar refractivity (Wildman–Crippen MR) is 147 cm³/mol. The first-order valence-corrected chi connectivity index (χ1v) is 13.3. The Hall–Kier alpha value is -3.92. The smallest absolute Gasteiger partial charge is 0.480 e. The van der Waals surface area contributed by atoms with Gasteiger partial charge in [-0.2, -0.15) is 0 Å². The Morgan fingerprint density at radius 3 is 1.85 bits per heavy atom. The molecule has 3 unspecified atom stereocenters. The van der Waals surface area contributed by atoms with E-state index in [0.717, 1.165) is 0 Å². The van der Waals surface area contributed by atoms with Crippen LogP contribution in [0.2, 0.25) is 0 Å². The van der Waals surface area contributed by atoms with E-state index in [1.807, 2.05) is 27.7 Å². The highest BCUT2D eigenvalue weighted by atomic mass is 16.7. The standard InChI is InChI=1S/C30H39NO9/c1-17(2)14-25(32)39-23-13-12-21(16-24(23)40-26(33)15-18(3)4)27(28(31)29(34)35)19(5)20(6)37-30(36)38-22-10-8-7-9-11-22/h7-13,16-20,27-28H,14-15,31H2,1-6H3,(H,34,35)/t19?,20?,27?,28-/m0/s1. The Morgan fingerprint density at radius 1 is 0.775 bits per heavy atom. The maximum absolute atomic E-state index is 12.5. The molecule has 0 saturated heterocycles. The molecule has 0 aliphatic carbocycles. The molecule has 0 heterocycles. The molecule has 0 aliphatic heterocycles. The third-order valence-electron chi connectivity index (χ3n) is 6.16. The molecule has 0 aromatic heterocycles. The van der Waals surface area contributed by atoms with E-state index in [2.05, 4.69) is 0 Å². The van der Waals surface area contributed by atoms with Gasteiger partial charge in [0.15, 0.2) is 11.5 Å². The number of carboxylic acids is 1. The van der Waals surface area contributed by atoms with Crippen molar-refractivity contribution < 1.29 is 43.2 Å². The Balaban J connectivity index is 2.39. The van der Waals surface area contributed by atoms with Crippen molar-refractivity contribution in [2.24, 2.45) is 23.5 Å². The number of carbonyl (C=O) groups is 4. The molecule has 0 fully saturated rings. The number of carboxylic acid groups (broad SMARTS) is 1. The summed E-state index contributed by atoms with van der Waals surface area (Å²) in [7, 11) is 0. The molecule has 2 aromatic rings. The number of nitrogens with two attached hydrogens (primary N) is 1. The van der Waals surface area contributed by atoms with E-state index < -0.39 is 48.0 Å². The number of hydrogen-bond acceptors (Lipinski definition) is 9. The van der Waals surface area contributed by atoms with Crippen LogP contribution in [0.25, 0.3) is 0 Å². The van der Waals surface area contributed by atoms with Gasteiger partial charge in [-0.1, -0.05) is 58.9 Å². The second-order valence-electron chi connectivity index (χ2n) is 10.6. The van der Waals surface area contributed by atoms with Crippen LogP contribution in [0.3, 0.4) is 0 Å². The number of rotatable bonds is 13. The fraction of sp³-hybridized carbons (Fsp3) is 0.467. The Labute approximate surface area is 234 Å². The van der Waals surface area contributed by atoms with Crippen molar-refractivity contribution in [3.8, 4) is 17.2 Å². The van der Waals surface area contributed by atoms with Gasteiger partial charge in [0.25, 0.3) is 0 Å². The number of ether oxygens (including phenoxy) is 4.